The van der Waals surface area contributed by atoms with Crippen LogP contribution in [0.5, 0.6) is 0 Å². The van der Waals surface area contributed by atoms with Crippen LogP contribution >= 0.6 is 22.7 Å². The molecular weight excluding hydrogens is 416 g/mol. The Kier molecular flexibility index (Phi) is 4.45. The van der Waals surface area contributed by atoms with E-state index in [-0.39, 0.29) is 5.69 Å². The summed E-state index contributed by atoms with van der Waals surface area (Å²) in [5.74, 6) is 0. The first-order chi connectivity index (χ1) is 14.5. The molecule has 6 nitrogen and oxygen atoms in total. The minimum Gasteiger partial charge on any atom is -0.378 e. The number of nitro benzene ring substituents is 1. The van der Waals surface area contributed by atoms with Gasteiger partial charge in [0.2, 0.25) is 0 Å². The van der Waals surface area contributed by atoms with E-state index in [1.807, 2.05) is 14.1 Å². The number of hydrogen-bond donors (Lipinski definition) is 0. The summed E-state index contributed by atoms with van der Waals surface area (Å²) in [6.07, 6.45) is 0. The summed E-state index contributed by atoms with van der Waals surface area (Å²) in [5, 5.41) is 12.7. The van der Waals surface area contributed by atoms with E-state index in [9.17, 15) is 10.1 Å². The Morgan fingerprint density at radius 2 is 1.27 bits per heavy atom. The highest BCUT2D eigenvalue weighted by molar-refractivity contribution is 7.23. The topological polar surface area (TPSA) is 72.2 Å². The molecule has 0 fully saturated rings. The fourth-order valence-corrected chi connectivity index (χ4v) is 5.20. The van der Waals surface area contributed by atoms with Crippen LogP contribution in [0.25, 0.3) is 41.6 Å². The van der Waals surface area contributed by atoms with Crippen molar-refractivity contribution in [2.45, 2.75) is 0 Å². The minimum atomic E-state index is -0.395. The zero-order valence-electron chi connectivity index (χ0n) is 16.2. The molecule has 0 radical (unpaired) electrons. The summed E-state index contributed by atoms with van der Waals surface area (Å²) in [5.41, 5.74) is 5.08. The zero-order chi connectivity index (χ0) is 20.8. The Morgan fingerprint density at radius 1 is 0.800 bits per heavy atom. The number of nitro groups is 1. The van der Waals surface area contributed by atoms with Crippen molar-refractivity contribution in [3.8, 4) is 21.1 Å². The number of aromatic nitrogens is 2. The monoisotopic (exact) mass is 432 g/mol. The molecule has 2 aromatic heterocycles. The summed E-state index contributed by atoms with van der Waals surface area (Å²) in [6.45, 7) is 0. The Morgan fingerprint density at radius 3 is 1.70 bits per heavy atom. The Labute approximate surface area is 180 Å². The standard InChI is InChI=1S/C22H16N4O2S2/c1-25(2)15-7-3-13(4-8-15)21-23-17-11-20-18(12-19(17)29-21)24-22(30-20)14-5-9-16(10-6-14)26(27)28/h3-12H,1-2H3. The largest absolute Gasteiger partial charge is 0.378 e. The van der Waals surface area contributed by atoms with Crippen LogP contribution in [0.2, 0.25) is 0 Å². The van der Waals surface area contributed by atoms with Gasteiger partial charge in [-0.2, -0.15) is 0 Å². The molecule has 0 N–H and O–H groups in total. The van der Waals surface area contributed by atoms with Gasteiger partial charge in [0, 0.05) is 43.0 Å². The van der Waals surface area contributed by atoms with E-state index in [0.29, 0.717) is 0 Å². The average molecular weight is 433 g/mol. The molecule has 0 atom stereocenters. The molecule has 0 amide bonds. The molecule has 5 rings (SSSR count). The summed E-state index contributed by atoms with van der Waals surface area (Å²) < 4.78 is 2.14. The molecule has 0 spiro atoms. The van der Waals surface area contributed by atoms with Crippen molar-refractivity contribution in [2.75, 3.05) is 19.0 Å². The van der Waals surface area contributed by atoms with Gasteiger partial charge in [-0.15, -0.1) is 22.7 Å². The van der Waals surface area contributed by atoms with Crippen molar-refractivity contribution in [1.82, 2.24) is 9.97 Å². The van der Waals surface area contributed by atoms with Crippen LogP contribution in [-0.4, -0.2) is 29.0 Å². The lowest BCUT2D eigenvalue weighted by Gasteiger charge is -2.11. The third kappa shape index (κ3) is 3.30. The number of fused-ring (bicyclic) bond motifs is 2. The van der Waals surface area contributed by atoms with E-state index in [0.717, 1.165) is 47.3 Å². The van der Waals surface area contributed by atoms with Gasteiger partial charge in [0.15, 0.2) is 0 Å². The van der Waals surface area contributed by atoms with Gasteiger partial charge in [-0.3, -0.25) is 10.1 Å². The van der Waals surface area contributed by atoms with Gasteiger partial charge >= 0.3 is 0 Å². The zero-order valence-corrected chi connectivity index (χ0v) is 17.8. The van der Waals surface area contributed by atoms with Crippen molar-refractivity contribution < 1.29 is 4.92 Å². The fourth-order valence-electron chi connectivity index (χ4n) is 3.22. The molecule has 0 saturated heterocycles. The molecule has 0 unspecified atom stereocenters. The molecule has 5 aromatic rings. The molecule has 0 aliphatic rings. The predicted molar refractivity (Wildman–Crippen MR) is 125 cm³/mol. The van der Waals surface area contributed by atoms with E-state index in [2.05, 4.69) is 41.3 Å². The summed E-state index contributed by atoms with van der Waals surface area (Å²) in [6, 6.07) is 19.0. The van der Waals surface area contributed by atoms with Gasteiger partial charge in [-0.25, -0.2) is 9.97 Å². The normalized spacial score (nSPS) is 11.3. The maximum Gasteiger partial charge on any atom is 0.269 e. The van der Waals surface area contributed by atoms with Gasteiger partial charge in [0.25, 0.3) is 5.69 Å². The van der Waals surface area contributed by atoms with Gasteiger partial charge < -0.3 is 4.90 Å². The van der Waals surface area contributed by atoms with E-state index in [1.54, 1.807) is 34.8 Å². The van der Waals surface area contributed by atoms with Crippen molar-refractivity contribution >= 4 is 54.5 Å². The highest BCUT2D eigenvalue weighted by Crippen LogP contribution is 2.37. The molecule has 0 aliphatic carbocycles. The molecule has 0 saturated carbocycles. The SMILES string of the molecule is CN(C)c1ccc(-c2nc3cc4sc(-c5ccc([N+](=O)[O-])cc5)nc4cc3s2)cc1. The number of benzene rings is 3. The first-order valence-corrected chi connectivity index (χ1v) is 10.8. The number of rotatable bonds is 4. The van der Waals surface area contributed by atoms with Crippen LogP contribution in [0.4, 0.5) is 11.4 Å². The highest BCUT2D eigenvalue weighted by atomic mass is 32.1. The Bertz CT molecular complexity index is 1340. The molecule has 0 aliphatic heterocycles. The van der Waals surface area contributed by atoms with Gasteiger partial charge in [-0.05, 0) is 48.5 Å². The second-order valence-electron chi connectivity index (χ2n) is 7.07. The molecule has 8 heteroatoms. The van der Waals surface area contributed by atoms with E-state index in [1.165, 1.54) is 12.1 Å². The second kappa shape index (κ2) is 7.16. The first kappa shape index (κ1) is 18.7. The molecule has 2 heterocycles. The number of anilines is 1. The molecule has 148 valence electrons. The maximum atomic E-state index is 10.9. The number of hydrogen-bond acceptors (Lipinski definition) is 7. The second-order valence-corrected chi connectivity index (χ2v) is 9.13. The van der Waals surface area contributed by atoms with Crippen LogP contribution in [-0.2, 0) is 0 Å². The fraction of sp³-hybridized carbons (Fsp3) is 0.0909. The van der Waals surface area contributed by atoms with Crippen molar-refractivity contribution in [1.29, 1.82) is 0 Å². The van der Waals surface area contributed by atoms with Gasteiger partial charge in [0.1, 0.15) is 10.0 Å². The van der Waals surface area contributed by atoms with Crippen molar-refractivity contribution in [2.24, 2.45) is 0 Å². The third-order valence-corrected chi connectivity index (χ3v) is 6.99. The van der Waals surface area contributed by atoms with E-state index >= 15 is 0 Å². The van der Waals surface area contributed by atoms with Crippen LogP contribution in [0.3, 0.4) is 0 Å². The van der Waals surface area contributed by atoms with E-state index < -0.39 is 4.92 Å². The lowest BCUT2D eigenvalue weighted by molar-refractivity contribution is -0.384. The molecule has 30 heavy (non-hydrogen) atoms. The number of nitrogens with zero attached hydrogens (tertiary/aromatic N) is 4. The number of non-ortho nitro benzene ring substituents is 1. The van der Waals surface area contributed by atoms with Crippen LogP contribution in [0, 0.1) is 10.1 Å². The van der Waals surface area contributed by atoms with Crippen molar-refractivity contribution in [3.63, 3.8) is 0 Å². The summed E-state index contributed by atoms with van der Waals surface area (Å²) in [4.78, 5) is 22.1. The summed E-state index contributed by atoms with van der Waals surface area (Å²) >= 11 is 3.22. The first-order valence-electron chi connectivity index (χ1n) is 9.22. The lowest BCUT2D eigenvalue weighted by atomic mass is 10.2. The number of thiazole rings is 2. The molecule has 3 aromatic carbocycles. The van der Waals surface area contributed by atoms with Crippen LogP contribution in [0.1, 0.15) is 0 Å². The summed E-state index contributed by atoms with van der Waals surface area (Å²) in [7, 11) is 4.05. The van der Waals surface area contributed by atoms with Gasteiger partial charge in [0.05, 0.1) is 25.4 Å². The van der Waals surface area contributed by atoms with Crippen molar-refractivity contribution in [3.05, 3.63) is 70.8 Å². The molecule has 0 bridgehead atoms. The third-order valence-electron chi connectivity index (χ3n) is 4.85. The lowest BCUT2D eigenvalue weighted by Crippen LogP contribution is -2.07. The molecular formula is C22H16N4O2S2. The predicted octanol–water partition coefficient (Wildman–Crippen LogP) is 6.21. The van der Waals surface area contributed by atoms with Crippen LogP contribution < -0.4 is 4.90 Å². The minimum absolute atomic E-state index is 0.0794. The Balaban J connectivity index is 1.51. The smallest absolute Gasteiger partial charge is 0.269 e. The average Bonchev–Trinajstić information content (AvgIpc) is 3.35. The van der Waals surface area contributed by atoms with Crippen LogP contribution in [0.15, 0.2) is 60.7 Å². The van der Waals surface area contributed by atoms with Gasteiger partial charge in [-0.1, -0.05) is 0 Å². The maximum absolute atomic E-state index is 10.9. The Hall–Kier alpha value is -3.36. The van der Waals surface area contributed by atoms with E-state index in [4.69, 9.17) is 9.97 Å². The highest BCUT2D eigenvalue weighted by Gasteiger charge is 2.13. The quantitative estimate of drug-likeness (QED) is 0.249.